The van der Waals surface area contributed by atoms with Crippen LogP contribution < -0.4 is 10.6 Å². The molecular formula is C26H24F2N4O3. The van der Waals surface area contributed by atoms with Crippen LogP contribution in [0.5, 0.6) is 0 Å². The summed E-state index contributed by atoms with van der Waals surface area (Å²) >= 11 is 0. The number of anilines is 1. The third-order valence-corrected chi connectivity index (χ3v) is 7.06. The maximum absolute atomic E-state index is 13.8. The Labute approximate surface area is 200 Å². The molecule has 3 aromatic rings. The second kappa shape index (κ2) is 8.72. The van der Waals surface area contributed by atoms with Crippen LogP contribution >= 0.6 is 0 Å². The molecule has 2 heterocycles. The first-order chi connectivity index (χ1) is 16.8. The average molecular weight is 478 g/mol. The summed E-state index contributed by atoms with van der Waals surface area (Å²) in [6.45, 7) is 1.91. The van der Waals surface area contributed by atoms with Gasteiger partial charge in [-0.15, -0.1) is 0 Å². The number of carbonyl (C=O) groups excluding carboxylic acids is 3. The minimum absolute atomic E-state index is 0.251. The Bertz CT molecular complexity index is 1350. The zero-order chi connectivity index (χ0) is 24.7. The number of amides is 3. The third-order valence-electron chi connectivity index (χ3n) is 7.06. The molecule has 1 aliphatic heterocycles. The quantitative estimate of drug-likeness (QED) is 0.543. The molecule has 35 heavy (non-hydrogen) atoms. The van der Waals surface area contributed by atoms with E-state index >= 15 is 0 Å². The Morgan fingerprint density at radius 3 is 2.54 bits per heavy atom. The molecule has 1 atom stereocenters. The Balaban J connectivity index is 1.39. The molecule has 7 nitrogen and oxygen atoms in total. The van der Waals surface area contributed by atoms with Crippen molar-refractivity contribution in [1.82, 2.24) is 15.1 Å². The van der Waals surface area contributed by atoms with Gasteiger partial charge in [-0.1, -0.05) is 19.1 Å². The molecule has 1 aromatic heterocycles. The SMILES string of the molecule is CC[C@@]1(c2ccc(NC(=O)c3nn(-c4ccc(F)c(F)c4)c4c3CCC4)cc2)CCC(=O)NC1=O. The molecule has 3 amide bonds. The number of rotatable bonds is 5. The van der Waals surface area contributed by atoms with E-state index in [0.29, 0.717) is 37.1 Å². The molecule has 0 spiro atoms. The van der Waals surface area contributed by atoms with Gasteiger partial charge in [0.1, 0.15) is 0 Å². The summed E-state index contributed by atoms with van der Waals surface area (Å²) < 4.78 is 28.7. The monoisotopic (exact) mass is 478 g/mol. The van der Waals surface area contributed by atoms with E-state index in [0.717, 1.165) is 35.4 Å². The van der Waals surface area contributed by atoms with Gasteiger partial charge in [0.2, 0.25) is 11.8 Å². The molecule has 2 N–H and O–H groups in total. The lowest BCUT2D eigenvalue weighted by Crippen LogP contribution is -2.51. The highest BCUT2D eigenvalue weighted by Crippen LogP contribution is 2.36. The topological polar surface area (TPSA) is 93.1 Å². The van der Waals surface area contributed by atoms with Crippen LogP contribution in [0.25, 0.3) is 5.69 Å². The largest absolute Gasteiger partial charge is 0.321 e. The van der Waals surface area contributed by atoms with Gasteiger partial charge in [-0.05, 0) is 61.9 Å². The minimum Gasteiger partial charge on any atom is -0.321 e. The van der Waals surface area contributed by atoms with Gasteiger partial charge < -0.3 is 5.32 Å². The molecule has 180 valence electrons. The summed E-state index contributed by atoms with van der Waals surface area (Å²) in [5.41, 5.74) is 2.77. The number of benzene rings is 2. The van der Waals surface area contributed by atoms with Gasteiger partial charge in [-0.25, -0.2) is 13.5 Å². The van der Waals surface area contributed by atoms with Crippen LogP contribution in [0.1, 0.15) is 59.9 Å². The van der Waals surface area contributed by atoms with Gasteiger partial charge in [0.05, 0.1) is 11.1 Å². The van der Waals surface area contributed by atoms with Gasteiger partial charge in [0.15, 0.2) is 17.3 Å². The lowest BCUT2D eigenvalue weighted by molar-refractivity contribution is -0.138. The molecular weight excluding hydrogens is 454 g/mol. The van der Waals surface area contributed by atoms with Crippen LogP contribution in [-0.2, 0) is 27.8 Å². The highest BCUT2D eigenvalue weighted by Gasteiger charge is 2.42. The lowest BCUT2D eigenvalue weighted by atomic mass is 9.72. The Morgan fingerprint density at radius 2 is 1.86 bits per heavy atom. The fraction of sp³-hybridized carbons (Fsp3) is 0.308. The van der Waals surface area contributed by atoms with Crippen LogP contribution in [-0.4, -0.2) is 27.5 Å². The number of hydrogen-bond donors (Lipinski definition) is 2. The van der Waals surface area contributed by atoms with E-state index in [1.807, 2.05) is 6.92 Å². The molecule has 1 saturated heterocycles. The molecule has 5 rings (SSSR count). The predicted octanol–water partition coefficient (Wildman–Crippen LogP) is 3.98. The molecule has 0 unspecified atom stereocenters. The van der Waals surface area contributed by atoms with Crippen molar-refractivity contribution >= 4 is 23.4 Å². The molecule has 0 radical (unpaired) electrons. The summed E-state index contributed by atoms with van der Waals surface area (Å²) in [7, 11) is 0. The summed E-state index contributed by atoms with van der Waals surface area (Å²) in [5.74, 6) is -2.88. The van der Waals surface area contributed by atoms with E-state index in [1.165, 1.54) is 10.7 Å². The average Bonchev–Trinajstić information content (AvgIpc) is 3.45. The van der Waals surface area contributed by atoms with Crippen molar-refractivity contribution < 1.29 is 23.2 Å². The number of nitrogens with one attached hydrogen (secondary N) is 2. The number of nitrogens with zero attached hydrogens (tertiary/aromatic N) is 2. The summed E-state index contributed by atoms with van der Waals surface area (Å²) in [6, 6.07) is 10.6. The van der Waals surface area contributed by atoms with Crippen molar-refractivity contribution in [3.8, 4) is 5.69 Å². The molecule has 2 aromatic carbocycles. The standard InChI is InChI=1S/C26H24F2N4O3/c1-2-26(13-12-22(33)30-25(26)35)15-6-8-16(9-7-15)29-24(34)23-18-4-3-5-21(18)32(31-23)17-10-11-19(27)20(28)14-17/h6-11,14H,2-5,12-13H2,1H3,(H,29,34)(H,30,33,35)/t26-/m0/s1. The zero-order valence-electron chi connectivity index (χ0n) is 19.2. The first-order valence-corrected chi connectivity index (χ1v) is 11.6. The first kappa shape index (κ1) is 22.9. The van der Waals surface area contributed by atoms with Crippen molar-refractivity contribution in [2.45, 2.75) is 50.9 Å². The van der Waals surface area contributed by atoms with Crippen LogP contribution in [0, 0.1) is 11.6 Å². The van der Waals surface area contributed by atoms with Crippen LogP contribution in [0.15, 0.2) is 42.5 Å². The molecule has 0 saturated carbocycles. The maximum atomic E-state index is 13.8. The Morgan fingerprint density at radius 1 is 1.09 bits per heavy atom. The van der Waals surface area contributed by atoms with E-state index in [1.54, 1.807) is 24.3 Å². The summed E-state index contributed by atoms with van der Waals surface area (Å²) in [6.07, 6.45) is 3.47. The van der Waals surface area contributed by atoms with Gasteiger partial charge in [0, 0.05) is 29.4 Å². The molecule has 0 bridgehead atoms. The van der Waals surface area contributed by atoms with Crippen LogP contribution in [0.4, 0.5) is 14.5 Å². The Kier molecular flexibility index (Phi) is 5.70. The second-order valence-electron chi connectivity index (χ2n) is 8.98. The zero-order valence-corrected chi connectivity index (χ0v) is 19.2. The van der Waals surface area contributed by atoms with Crippen molar-refractivity contribution in [1.29, 1.82) is 0 Å². The van der Waals surface area contributed by atoms with Crippen molar-refractivity contribution in [3.63, 3.8) is 0 Å². The van der Waals surface area contributed by atoms with Gasteiger partial charge in [-0.2, -0.15) is 5.10 Å². The number of fused-ring (bicyclic) bond motifs is 1. The third kappa shape index (κ3) is 3.90. The molecule has 9 heteroatoms. The van der Waals surface area contributed by atoms with Gasteiger partial charge >= 0.3 is 0 Å². The number of imide groups is 1. The first-order valence-electron chi connectivity index (χ1n) is 11.6. The number of halogens is 2. The predicted molar refractivity (Wildman–Crippen MR) is 124 cm³/mol. The minimum atomic E-state index is -0.975. The van der Waals surface area contributed by atoms with E-state index in [9.17, 15) is 23.2 Å². The molecule has 2 aliphatic rings. The number of carbonyl (C=O) groups is 3. The smallest absolute Gasteiger partial charge is 0.276 e. The molecule has 1 fully saturated rings. The number of hydrogen-bond acceptors (Lipinski definition) is 4. The fourth-order valence-corrected chi connectivity index (χ4v) is 5.08. The van der Waals surface area contributed by atoms with E-state index < -0.39 is 23.0 Å². The van der Waals surface area contributed by atoms with Gasteiger partial charge in [0.25, 0.3) is 5.91 Å². The summed E-state index contributed by atoms with van der Waals surface area (Å²) in [4.78, 5) is 37.3. The maximum Gasteiger partial charge on any atom is 0.276 e. The van der Waals surface area contributed by atoms with Crippen LogP contribution in [0.3, 0.4) is 0 Å². The van der Waals surface area contributed by atoms with Crippen molar-refractivity contribution in [3.05, 3.63) is 76.6 Å². The van der Waals surface area contributed by atoms with Crippen molar-refractivity contribution in [2.24, 2.45) is 0 Å². The van der Waals surface area contributed by atoms with E-state index in [-0.39, 0.29) is 23.9 Å². The Hall–Kier alpha value is -3.88. The van der Waals surface area contributed by atoms with E-state index in [4.69, 9.17) is 0 Å². The number of piperidine rings is 1. The van der Waals surface area contributed by atoms with E-state index in [2.05, 4.69) is 15.7 Å². The summed E-state index contributed by atoms with van der Waals surface area (Å²) in [5, 5.41) is 9.71. The van der Waals surface area contributed by atoms with Crippen LogP contribution in [0.2, 0.25) is 0 Å². The fourth-order valence-electron chi connectivity index (χ4n) is 5.08. The molecule has 1 aliphatic carbocycles. The van der Waals surface area contributed by atoms with Gasteiger partial charge in [-0.3, -0.25) is 19.7 Å². The highest BCUT2D eigenvalue weighted by atomic mass is 19.2. The number of aromatic nitrogens is 2. The second-order valence-corrected chi connectivity index (χ2v) is 8.98. The normalized spacial score (nSPS) is 19.4. The van der Waals surface area contributed by atoms with Crippen molar-refractivity contribution in [2.75, 3.05) is 5.32 Å². The lowest BCUT2D eigenvalue weighted by Gasteiger charge is -2.35. The highest BCUT2D eigenvalue weighted by molar-refractivity contribution is 6.05.